The SMILES string of the molecule is CN1C(=O)Cn2c1nc1nc(Br)n(Cc3ccccc3C#N)c1c2=O. The Kier molecular flexibility index (Phi) is 3.43. The number of benzene rings is 1. The molecule has 9 heteroatoms. The topological polar surface area (TPSA) is 96.8 Å². The van der Waals surface area contributed by atoms with E-state index in [-0.39, 0.29) is 29.6 Å². The van der Waals surface area contributed by atoms with Gasteiger partial charge in [-0.3, -0.25) is 19.1 Å². The molecule has 0 saturated carbocycles. The van der Waals surface area contributed by atoms with Gasteiger partial charge in [-0.15, -0.1) is 0 Å². The van der Waals surface area contributed by atoms with Crippen LogP contribution in [0.15, 0.2) is 33.8 Å². The second-order valence-corrected chi connectivity index (χ2v) is 6.37. The zero-order valence-electron chi connectivity index (χ0n) is 13.1. The van der Waals surface area contributed by atoms with Gasteiger partial charge in [0.25, 0.3) is 5.56 Å². The molecule has 0 saturated heterocycles. The summed E-state index contributed by atoms with van der Waals surface area (Å²) in [5.41, 5.74) is 1.53. The zero-order valence-corrected chi connectivity index (χ0v) is 14.7. The Hall–Kier alpha value is -2.99. The minimum Gasteiger partial charge on any atom is -0.308 e. The van der Waals surface area contributed by atoms with Crippen molar-refractivity contribution >= 4 is 38.9 Å². The number of nitrogens with zero attached hydrogens (tertiary/aromatic N) is 6. The molecule has 2 aromatic heterocycles. The van der Waals surface area contributed by atoms with Crippen molar-refractivity contribution in [3.63, 3.8) is 0 Å². The van der Waals surface area contributed by atoms with E-state index in [1.54, 1.807) is 23.7 Å². The predicted octanol–water partition coefficient (Wildman–Crippen LogP) is 1.25. The number of nitriles is 1. The van der Waals surface area contributed by atoms with Crippen LogP contribution >= 0.6 is 15.9 Å². The van der Waals surface area contributed by atoms with Gasteiger partial charge in [-0.25, -0.2) is 4.98 Å². The van der Waals surface area contributed by atoms with Gasteiger partial charge in [0.2, 0.25) is 11.9 Å². The number of amides is 1. The van der Waals surface area contributed by atoms with Crippen LogP contribution in [-0.2, 0) is 17.9 Å². The molecule has 1 aliphatic heterocycles. The van der Waals surface area contributed by atoms with Crippen LogP contribution in [0.1, 0.15) is 11.1 Å². The summed E-state index contributed by atoms with van der Waals surface area (Å²) in [6.07, 6.45) is 0. The molecule has 3 aromatic rings. The van der Waals surface area contributed by atoms with Crippen molar-refractivity contribution in [2.45, 2.75) is 13.1 Å². The summed E-state index contributed by atoms with van der Waals surface area (Å²) in [6, 6.07) is 9.31. The summed E-state index contributed by atoms with van der Waals surface area (Å²) in [5.74, 6) is 0.0924. The average Bonchev–Trinajstić information content (AvgIpc) is 3.07. The quantitative estimate of drug-likeness (QED) is 0.605. The summed E-state index contributed by atoms with van der Waals surface area (Å²) in [5, 5.41) is 9.26. The summed E-state index contributed by atoms with van der Waals surface area (Å²) in [6.45, 7) is 0.256. The lowest BCUT2D eigenvalue weighted by molar-refractivity contribution is -0.117. The maximum atomic E-state index is 12.9. The largest absolute Gasteiger partial charge is 0.308 e. The van der Waals surface area contributed by atoms with Crippen molar-refractivity contribution in [2.24, 2.45) is 0 Å². The fourth-order valence-electron chi connectivity index (χ4n) is 2.91. The van der Waals surface area contributed by atoms with Gasteiger partial charge >= 0.3 is 0 Å². The Morgan fingerprint density at radius 1 is 1.28 bits per heavy atom. The highest BCUT2D eigenvalue weighted by molar-refractivity contribution is 9.10. The Balaban J connectivity index is 1.93. The Labute approximate surface area is 150 Å². The number of hydrogen-bond acceptors (Lipinski definition) is 5. The fourth-order valence-corrected chi connectivity index (χ4v) is 3.38. The van der Waals surface area contributed by atoms with Crippen molar-refractivity contribution in [3.05, 3.63) is 50.5 Å². The molecule has 1 aromatic carbocycles. The first-order chi connectivity index (χ1) is 12.0. The number of fused-ring (bicyclic) bond motifs is 2. The van der Waals surface area contributed by atoms with Crippen LogP contribution in [0.25, 0.3) is 11.2 Å². The molecular formula is C16H11BrN6O2. The monoisotopic (exact) mass is 398 g/mol. The molecular weight excluding hydrogens is 388 g/mol. The first-order valence-corrected chi connectivity index (χ1v) is 8.21. The van der Waals surface area contributed by atoms with E-state index in [4.69, 9.17) is 0 Å². The molecule has 0 N–H and O–H groups in total. The molecule has 1 aliphatic rings. The highest BCUT2D eigenvalue weighted by Gasteiger charge is 2.29. The number of aromatic nitrogens is 4. The molecule has 1 amide bonds. The summed E-state index contributed by atoms with van der Waals surface area (Å²) in [4.78, 5) is 34.7. The number of halogens is 1. The van der Waals surface area contributed by atoms with E-state index in [1.165, 1.54) is 9.47 Å². The molecule has 25 heavy (non-hydrogen) atoms. The van der Waals surface area contributed by atoms with Crippen LogP contribution in [0.3, 0.4) is 0 Å². The van der Waals surface area contributed by atoms with Crippen LogP contribution in [0, 0.1) is 11.3 Å². The Morgan fingerprint density at radius 3 is 2.80 bits per heavy atom. The van der Waals surface area contributed by atoms with Gasteiger partial charge in [-0.1, -0.05) is 18.2 Å². The van der Waals surface area contributed by atoms with E-state index in [9.17, 15) is 14.9 Å². The zero-order chi connectivity index (χ0) is 17.7. The van der Waals surface area contributed by atoms with Gasteiger partial charge in [-0.2, -0.15) is 10.2 Å². The van der Waals surface area contributed by atoms with Gasteiger partial charge in [0.05, 0.1) is 18.2 Å². The molecule has 0 atom stereocenters. The van der Waals surface area contributed by atoms with Crippen LogP contribution in [0.4, 0.5) is 5.95 Å². The molecule has 0 unspecified atom stereocenters. The normalized spacial score (nSPS) is 13.3. The van der Waals surface area contributed by atoms with E-state index in [2.05, 4.69) is 32.0 Å². The van der Waals surface area contributed by atoms with Gasteiger partial charge in [-0.05, 0) is 27.6 Å². The summed E-state index contributed by atoms with van der Waals surface area (Å²) >= 11 is 3.36. The smallest absolute Gasteiger partial charge is 0.281 e. The van der Waals surface area contributed by atoms with Crippen molar-refractivity contribution in [3.8, 4) is 6.07 Å². The predicted molar refractivity (Wildman–Crippen MR) is 93.2 cm³/mol. The number of carbonyl (C=O) groups excluding carboxylic acids is 1. The van der Waals surface area contributed by atoms with E-state index in [0.717, 1.165) is 5.56 Å². The second kappa shape index (κ2) is 5.53. The Bertz CT molecular complexity index is 1140. The van der Waals surface area contributed by atoms with Crippen molar-refractivity contribution < 1.29 is 4.79 Å². The van der Waals surface area contributed by atoms with E-state index in [1.807, 2.05) is 12.1 Å². The highest BCUT2D eigenvalue weighted by Crippen LogP contribution is 2.23. The first-order valence-electron chi connectivity index (χ1n) is 7.42. The molecule has 0 bridgehead atoms. The third kappa shape index (κ3) is 2.26. The molecule has 0 spiro atoms. The number of carbonyl (C=O) groups is 1. The molecule has 0 radical (unpaired) electrons. The second-order valence-electron chi connectivity index (χ2n) is 5.66. The molecule has 0 aliphatic carbocycles. The number of rotatable bonds is 2. The lowest BCUT2D eigenvalue weighted by Crippen LogP contribution is -2.22. The molecule has 8 nitrogen and oxygen atoms in total. The molecule has 0 fully saturated rings. The summed E-state index contributed by atoms with van der Waals surface area (Å²) in [7, 11) is 1.58. The molecule has 4 rings (SSSR count). The van der Waals surface area contributed by atoms with E-state index >= 15 is 0 Å². The summed E-state index contributed by atoms with van der Waals surface area (Å²) < 4.78 is 3.45. The maximum Gasteiger partial charge on any atom is 0.281 e. The van der Waals surface area contributed by atoms with Crippen molar-refractivity contribution in [2.75, 3.05) is 11.9 Å². The van der Waals surface area contributed by atoms with E-state index < -0.39 is 0 Å². The number of hydrogen-bond donors (Lipinski definition) is 0. The maximum absolute atomic E-state index is 12.9. The van der Waals surface area contributed by atoms with Gasteiger partial charge in [0.15, 0.2) is 15.9 Å². The van der Waals surface area contributed by atoms with Crippen LogP contribution in [-0.4, -0.2) is 32.1 Å². The third-order valence-electron chi connectivity index (χ3n) is 4.23. The van der Waals surface area contributed by atoms with Crippen LogP contribution < -0.4 is 10.5 Å². The van der Waals surface area contributed by atoms with Gasteiger partial charge in [0, 0.05) is 7.05 Å². The highest BCUT2D eigenvalue weighted by atomic mass is 79.9. The van der Waals surface area contributed by atoms with Crippen molar-refractivity contribution in [1.82, 2.24) is 19.1 Å². The van der Waals surface area contributed by atoms with Crippen LogP contribution in [0.2, 0.25) is 0 Å². The number of anilines is 1. The lowest BCUT2D eigenvalue weighted by Gasteiger charge is -2.09. The molecule has 124 valence electrons. The Morgan fingerprint density at radius 2 is 2.04 bits per heavy atom. The van der Waals surface area contributed by atoms with Gasteiger partial charge < -0.3 is 4.57 Å². The fraction of sp³-hybridized carbons (Fsp3) is 0.188. The van der Waals surface area contributed by atoms with E-state index in [0.29, 0.717) is 22.4 Å². The standard InChI is InChI=1S/C16H11BrN6O2/c1-21-11(24)8-23-14(25)12-13(20-16(21)23)19-15(17)22(12)7-10-5-3-2-4-9(10)6-18/h2-5H,7-8H2,1H3. The lowest BCUT2D eigenvalue weighted by atomic mass is 10.1. The number of likely N-dealkylation sites (N-methyl/N-ethyl adjacent to an activating group) is 1. The van der Waals surface area contributed by atoms with Crippen LogP contribution in [0.5, 0.6) is 0 Å². The van der Waals surface area contributed by atoms with Crippen molar-refractivity contribution in [1.29, 1.82) is 5.26 Å². The first kappa shape index (κ1) is 15.5. The number of imidazole rings is 1. The molecule has 3 heterocycles. The van der Waals surface area contributed by atoms with Gasteiger partial charge in [0.1, 0.15) is 6.54 Å². The minimum absolute atomic E-state index is 0.0365. The minimum atomic E-state index is -0.328. The average molecular weight is 399 g/mol. The third-order valence-corrected chi connectivity index (χ3v) is 4.84.